The zero-order valence-electron chi connectivity index (χ0n) is 16.8. The van der Waals surface area contributed by atoms with Gasteiger partial charge in [0.2, 0.25) is 0 Å². The molecule has 4 aromatic rings. The molecule has 0 bridgehead atoms. The number of carbonyl (C=O) groups excluding carboxylic acids is 1. The minimum atomic E-state index is -0.247. The Balaban J connectivity index is 1.61. The maximum Gasteiger partial charge on any atom is 0.330 e. The van der Waals surface area contributed by atoms with Gasteiger partial charge in [0.1, 0.15) is 17.8 Å². The van der Waals surface area contributed by atoms with Crippen LogP contribution in [-0.2, 0) is 0 Å². The van der Waals surface area contributed by atoms with Crippen LogP contribution in [0.1, 0.15) is 19.9 Å². The van der Waals surface area contributed by atoms with E-state index < -0.39 is 0 Å². The lowest BCUT2D eigenvalue weighted by atomic mass is 10.3. The summed E-state index contributed by atoms with van der Waals surface area (Å²) in [5, 5.41) is 12.6. The average Bonchev–Trinajstić information content (AvgIpc) is 3.39. The molecule has 0 unspecified atom stereocenters. The maximum atomic E-state index is 13.0. The maximum absolute atomic E-state index is 13.0. The largest absolute Gasteiger partial charge is 0.330 e. The molecule has 0 aliphatic heterocycles. The van der Waals surface area contributed by atoms with Crippen LogP contribution in [0.2, 0.25) is 0 Å². The van der Waals surface area contributed by atoms with Gasteiger partial charge in [-0.05, 0) is 38.1 Å². The van der Waals surface area contributed by atoms with Crippen molar-refractivity contribution in [2.24, 2.45) is 0 Å². The highest BCUT2D eigenvalue weighted by Crippen LogP contribution is 2.22. The van der Waals surface area contributed by atoms with Crippen molar-refractivity contribution in [2.75, 3.05) is 23.9 Å². The molecular weight excluding hydrogens is 368 g/mol. The number of pyridine rings is 2. The summed E-state index contributed by atoms with van der Waals surface area (Å²) < 4.78 is 3.67. The van der Waals surface area contributed by atoms with Crippen molar-refractivity contribution in [1.29, 1.82) is 0 Å². The van der Waals surface area contributed by atoms with Crippen molar-refractivity contribution in [2.45, 2.75) is 19.9 Å². The van der Waals surface area contributed by atoms with E-state index in [2.05, 4.69) is 34.1 Å². The Morgan fingerprint density at radius 1 is 1.03 bits per heavy atom. The third-order valence-electron chi connectivity index (χ3n) is 4.71. The molecule has 0 saturated heterocycles. The SMILES string of the molecule is CC(C)n1cnnc1-c1cccc(N(C)C(=O)N(C)c2cc3ccccn3n2)n1. The molecule has 4 heterocycles. The fourth-order valence-electron chi connectivity index (χ4n) is 3.05. The molecule has 0 spiro atoms. The number of amides is 2. The van der Waals surface area contributed by atoms with Crippen LogP contribution in [0.4, 0.5) is 16.4 Å². The standard InChI is InChI=1S/C20H22N8O/c1-14(2)27-13-21-23-19(27)16-9-7-10-17(22-16)25(3)20(29)26(4)18-12-15-8-5-6-11-28(15)24-18/h5-14H,1-4H3. The Morgan fingerprint density at radius 3 is 2.59 bits per heavy atom. The highest BCUT2D eigenvalue weighted by Gasteiger charge is 2.21. The second-order valence-electron chi connectivity index (χ2n) is 7.01. The summed E-state index contributed by atoms with van der Waals surface area (Å²) >= 11 is 0. The summed E-state index contributed by atoms with van der Waals surface area (Å²) in [5.74, 6) is 1.74. The van der Waals surface area contributed by atoms with E-state index in [9.17, 15) is 4.79 Å². The first-order valence-electron chi connectivity index (χ1n) is 9.28. The van der Waals surface area contributed by atoms with Crippen LogP contribution in [0.15, 0.2) is 55.0 Å². The van der Waals surface area contributed by atoms with Crippen LogP contribution < -0.4 is 9.80 Å². The minimum absolute atomic E-state index is 0.200. The molecule has 0 aliphatic carbocycles. The van der Waals surface area contributed by atoms with E-state index in [0.717, 1.165) is 5.52 Å². The van der Waals surface area contributed by atoms with E-state index in [-0.39, 0.29) is 12.1 Å². The van der Waals surface area contributed by atoms with Gasteiger partial charge in [-0.15, -0.1) is 15.3 Å². The van der Waals surface area contributed by atoms with Crippen LogP contribution in [-0.4, -0.2) is 49.5 Å². The number of nitrogens with zero attached hydrogens (tertiary/aromatic N) is 8. The van der Waals surface area contributed by atoms with Crippen molar-refractivity contribution in [3.05, 3.63) is 55.0 Å². The minimum Gasteiger partial charge on any atom is -0.310 e. The molecule has 0 N–H and O–H groups in total. The van der Waals surface area contributed by atoms with Gasteiger partial charge in [-0.1, -0.05) is 12.1 Å². The summed E-state index contributed by atoms with van der Waals surface area (Å²) in [6.07, 6.45) is 3.52. The number of hydrogen-bond donors (Lipinski definition) is 0. The van der Waals surface area contributed by atoms with Crippen molar-refractivity contribution in [3.63, 3.8) is 0 Å². The predicted molar refractivity (Wildman–Crippen MR) is 111 cm³/mol. The number of aromatic nitrogens is 6. The molecule has 148 valence electrons. The predicted octanol–water partition coefficient (Wildman–Crippen LogP) is 3.26. The summed E-state index contributed by atoms with van der Waals surface area (Å²) in [7, 11) is 3.38. The molecule has 0 atom stereocenters. The molecule has 4 aromatic heterocycles. The van der Waals surface area contributed by atoms with E-state index in [1.807, 2.05) is 47.2 Å². The number of carbonyl (C=O) groups is 1. The summed E-state index contributed by atoms with van der Waals surface area (Å²) in [4.78, 5) is 20.6. The molecule has 0 fully saturated rings. The number of urea groups is 1. The monoisotopic (exact) mass is 390 g/mol. The molecule has 9 heteroatoms. The van der Waals surface area contributed by atoms with Gasteiger partial charge in [0.05, 0.1) is 5.52 Å². The Hall–Kier alpha value is -3.75. The van der Waals surface area contributed by atoms with E-state index in [4.69, 9.17) is 0 Å². The van der Waals surface area contributed by atoms with Crippen LogP contribution >= 0.6 is 0 Å². The number of fused-ring (bicyclic) bond motifs is 1. The Bertz CT molecular complexity index is 1130. The lowest BCUT2D eigenvalue weighted by Gasteiger charge is -2.23. The Morgan fingerprint density at radius 2 is 1.83 bits per heavy atom. The molecule has 9 nitrogen and oxygen atoms in total. The second kappa shape index (κ2) is 7.34. The van der Waals surface area contributed by atoms with E-state index in [0.29, 0.717) is 23.2 Å². The van der Waals surface area contributed by atoms with Crippen LogP contribution in [0, 0.1) is 0 Å². The first-order chi connectivity index (χ1) is 14.0. The molecule has 0 aromatic carbocycles. The van der Waals surface area contributed by atoms with E-state index in [1.54, 1.807) is 31.0 Å². The van der Waals surface area contributed by atoms with Crippen molar-refractivity contribution < 1.29 is 4.79 Å². The molecule has 0 saturated carbocycles. The molecule has 0 aliphatic rings. The van der Waals surface area contributed by atoms with Crippen molar-refractivity contribution in [3.8, 4) is 11.5 Å². The van der Waals surface area contributed by atoms with Crippen molar-refractivity contribution in [1.82, 2.24) is 29.4 Å². The molecule has 0 radical (unpaired) electrons. The van der Waals surface area contributed by atoms with Gasteiger partial charge in [-0.3, -0.25) is 9.80 Å². The second-order valence-corrected chi connectivity index (χ2v) is 7.01. The highest BCUT2D eigenvalue weighted by molar-refractivity contribution is 6.02. The van der Waals surface area contributed by atoms with Gasteiger partial charge in [0.15, 0.2) is 11.6 Å². The van der Waals surface area contributed by atoms with Gasteiger partial charge in [-0.2, -0.15) is 0 Å². The zero-order chi connectivity index (χ0) is 20.5. The van der Waals surface area contributed by atoms with Crippen LogP contribution in [0.3, 0.4) is 0 Å². The average molecular weight is 390 g/mol. The topological polar surface area (TPSA) is 84.5 Å². The van der Waals surface area contributed by atoms with Crippen LogP contribution in [0.5, 0.6) is 0 Å². The number of hydrogen-bond acceptors (Lipinski definition) is 5. The fraction of sp³-hybridized carbons (Fsp3) is 0.250. The number of rotatable bonds is 4. The normalized spacial score (nSPS) is 11.2. The van der Waals surface area contributed by atoms with Gasteiger partial charge in [0, 0.05) is 32.4 Å². The number of anilines is 2. The fourth-order valence-corrected chi connectivity index (χ4v) is 3.05. The van der Waals surface area contributed by atoms with Gasteiger partial charge < -0.3 is 4.57 Å². The Labute approximate surface area is 168 Å². The molecule has 2 amide bonds. The zero-order valence-corrected chi connectivity index (χ0v) is 16.8. The summed E-state index contributed by atoms with van der Waals surface area (Å²) in [6.45, 7) is 4.10. The third-order valence-corrected chi connectivity index (χ3v) is 4.71. The summed E-state index contributed by atoms with van der Waals surface area (Å²) in [5.41, 5.74) is 1.57. The van der Waals surface area contributed by atoms with Gasteiger partial charge >= 0.3 is 6.03 Å². The molecular formula is C20H22N8O. The quantitative estimate of drug-likeness (QED) is 0.534. The third kappa shape index (κ3) is 3.42. The summed E-state index contributed by atoms with van der Waals surface area (Å²) in [6, 6.07) is 13.1. The first kappa shape index (κ1) is 18.6. The lowest BCUT2D eigenvalue weighted by Crippen LogP contribution is -2.39. The van der Waals surface area contributed by atoms with E-state index in [1.165, 1.54) is 9.80 Å². The lowest BCUT2D eigenvalue weighted by molar-refractivity contribution is 0.253. The Kier molecular flexibility index (Phi) is 4.71. The smallest absolute Gasteiger partial charge is 0.310 e. The molecule has 4 rings (SSSR count). The van der Waals surface area contributed by atoms with Crippen LogP contribution in [0.25, 0.3) is 17.0 Å². The van der Waals surface area contributed by atoms with Gasteiger partial charge in [0.25, 0.3) is 0 Å². The highest BCUT2D eigenvalue weighted by atomic mass is 16.2. The van der Waals surface area contributed by atoms with E-state index >= 15 is 0 Å². The first-order valence-corrected chi connectivity index (χ1v) is 9.28. The van der Waals surface area contributed by atoms with Gasteiger partial charge in [-0.25, -0.2) is 14.3 Å². The van der Waals surface area contributed by atoms with Crippen molar-refractivity contribution >= 4 is 23.2 Å². The molecule has 29 heavy (non-hydrogen) atoms.